The monoisotopic (exact) mass is 296 g/mol. The number of carboxylic acids is 1. The van der Waals surface area contributed by atoms with Crippen molar-refractivity contribution in [3.05, 3.63) is 23.9 Å². The fraction of sp³-hybridized carbons (Fsp3) is 0.462. The summed E-state index contributed by atoms with van der Waals surface area (Å²) in [4.78, 5) is 29.1. The number of hydrogen-bond acceptors (Lipinski definition) is 5. The summed E-state index contributed by atoms with van der Waals surface area (Å²) in [5, 5.41) is 8.95. The van der Waals surface area contributed by atoms with E-state index < -0.39 is 5.97 Å². The van der Waals surface area contributed by atoms with Gasteiger partial charge in [0.15, 0.2) is 0 Å². The Morgan fingerprint density at radius 3 is 3.10 bits per heavy atom. The number of thioether (sulfide) groups is 1. The number of methoxy groups -OCH3 is 1. The minimum absolute atomic E-state index is 0.0404. The summed E-state index contributed by atoms with van der Waals surface area (Å²) >= 11 is 1.67. The van der Waals surface area contributed by atoms with Crippen LogP contribution in [0.4, 0.5) is 0 Å². The highest BCUT2D eigenvalue weighted by atomic mass is 32.2. The molecule has 1 aromatic heterocycles. The van der Waals surface area contributed by atoms with Crippen molar-refractivity contribution >= 4 is 23.6 Å². The number of carbonyl (C=O) groups excluding carboxylic acids is 1. The zero-order valence-electron chi connectivity index (χ0n) is 11.1. The van der Waals surface area contributed by atoms with Crippen LogP contribution in [0.25, 0.3) is 0 Å². The SMILES string of the molecule is COc1ncccc1C(=O)N1CCSCC1CC(=O)O. The Morgan fingerprint density at radius 2 is 2.40 bits per heavy atom. The van der Waals surface area contributed by atoms with Crippen LogP contribution < -0.4 is 4.74 Å². The molecular weight excluding hydrogens is 280 g/mol. The normalized spacial score (nSPS) is 18.6. The van der Waals surface area contributed by atoms with Crippen molar-refractivity contribution in [1.29, 1.82) is 0 Å². The van der Waals surface area contributed by atoms with Crippen LogP contribution in [-0.2, 0) is 4.79 Å². The number of carbonyl (C=O) groups is 2. The smallest absolute Gasteiger partial charge is 0.305 e. The molecule has 1 aliphatic rings. The molecule has 0 bridgehead atoms. The van der Waals surface area contributed by atoms with E-state index in [1.54, 1.807) is 35.0 Å². The highest BCUT2D eigenvalue weighted by molar-refractivity contribution is 7.99. The highest BCUT2D eigenvalue weighted by Crippen LogP contribution is 2.24. The Kier molecular flexibility index (Phi) is 4.84. The molecule has 20 heavy (non-hydrogen) atoms. The second-order valence-electron chi connectivity index (χ2n) is 4.39. The molecule has 2 rings (SSSR count). The van der Waals surface area contributed by atoms with E-state index in [1.165, 1.54) is 7.11 Å². The van der Waals surface area contributed by atoms with Gasteiger partial charge in [-0.1, -0.05) is 0 Å². The van der Waals surface area contributed by atoms with Crippen molar-refractivity contribution in [1.82, 2.24) is 9.88 Å². The number of hydrogen-bond donors (Lipinski definition) is 1. The first-order valence-corrected chi connectivity index (χ1v) is 7.38. The maximum absolute atomic E-state index is 12.6. The molecule has 0 aliphatic carbocycles. The van der Waals surface area contributed by atoms with Crippen LogP contribution in [0.15, 0.2) is 18.3 Å². The topological polar surface area (TPSA) is 79.7 Å². The summed E-state index contributed by atoms with van der Waals surface area (Å²) in [6.07, 6.45) is 1.51. The fourth-order valence-corrected chi connectivity index (χ4v) is 3.23. The van der Waals surface area contributed by atoms with Crippen LogP contribution in [-0.4, -0.2) is 58.1 Å². The van der Waals surface area contributed by atoms with Crippen molar-refractivity contribution < 1.29 is 19.4 Å². The van der Waals surface area contributed by atoms with Crippen LogP contribution in [0.1, 0.15) is 16.8 Å². The molecule has 1 amide bonds. The molecule has 1 fully saturated rings. The summed E-state index contributed by atoms with van der Waals surface area (Å²) in [6, 6.07) is 3.03. The Balaban J connectivity index is 2.23. The molecule has 1 atom stereocenters. The third-order valence-corrected chi connectivity index (χ3v) is 4.19. The van der Waals surface area contributed by atoms with Gasteiger partial charge in [-0.05, 0) is 12.1 Å². The zero-order valence-corrected chi connectivity index (χ0v) is 11.9. The molecule has 6 nitrogen and oxygen atoms in total. The lowest BCUT2D eigenvalue weighted by Crippen LogP contribution is -2.47. The summed E-state index contributed by atoms with van der Waals surface area (Å²) in [5.41, 5.74) is 0.372. The van der Waals surface area contributed by atoms with Gasteiger partial charge < -0.3 is 14.7 Å². The number of amides is 1. The Hall–Kier alpha value is -1.76. The maximum atomic E-state index is 12.6. The lowest BCUT2D eigenvalue weighted by molar-refractivity contribution is -0.138. The molecule has 1 aliphatic heterocycles. The van der Waals surface area contributed by atoms with Crippen LogP contribution >= 0.6 is 11.8 Å². The molecule has 108 valence electrons. The summed E-state index contributed by atoms with van der Waals surface area (Å²) in [5.74, 6) is 0.602. The lowest BCUT2D eigenvalue weighted by Gasteiger charge is -2.34. The van der Waals surface area contributed by atoms with E-state index >= 15 is 0 Å². The van der Waals surface area contributed by atoms with Gasteiger partial charge in [0.1, 0.15) is 5.56 Å². The first-order chi connectivity index (χ1) is 9.63. The van der Waals surface area contributed by atoms with Crippen molar-refractivity contribution in [2.24, 2.45) is 0 Å². The number of nitrogens with zero attached hydrogens (tertiary/aromatic N) is 2. The van der Waals surface area contributed by atoms with Crippen LogP contribution in [0.2, 0.25) is 0 Å². The number of ether oxygens (including phenoxy) is 1. The van der Waals surface area contributed by atoms with Gasteiger partial charge >= 0.3 is 5.97 Å². The highest BCUT2D eigenvalue weighted by Gasteiger charge is 2.31. The fourth-order valence-electron chi connectivity index (χ4n) is 2.16. The van der Waals surface area contributed by atoms with E-state index in [1.807, 2.05) is 0 Å². The predicted octanol–water partition coefficient (Wildman–Crippen LogP) is 1.12. The standard InChI is InChI=1S/C13H16N2O4S/c1-19-12-10(3-2-4-14-12)13(18)15-5-6-20-8-9(15)7-11(16)17/h2-4,9H,5-8H2,1H3,(H,16,17). The van der Waals surface area contributed by atoms with E-state index in [-0.39, 0.29) is 24.2 Å². The average molecular weight is 296 g/mol. The third kappa shape index (κ3) is 3.22. The summed E-state index contributed by atoms with van der Waals surface area (Å²) in [6.45, 7) is 0.541. The van der Waals surface area contributed by atoms with E-state index in [2.05, 4.69) is 4.98 Å². The van der Waals surface area contributed by atoms with E-state index in [9.17, 15) is 9.59 Å². The summed E-state index contributed by atoms with van der Waals surface area (Å²) in [7, 11) is 1.46. The molecule has 2 heterocycles. The van der Waals surface area contributed by atoms with Crippen LogP contribution in [0.3, 0.4) is 0 Å². The van der Waals surface area contributed by atoms with Crippen molar-refractivity contribution in [2.75, 3.05) is 25.2 Å². The molecule has 1 unspecified atom stereocenters. The number of rotatable bonds is 4. The number of aliphatic carboxylic acids is 1. The summed E-state index contributed by atoms with van der Waals surface area (Å²) < 4.78 is 5.09. The zero-order chi connectivity index (χ0) is 14.5. The average Bonchev–Trinajstić information content (AvgIpc) is 2.46. The maximum Gasteiger partial charge on any atom is 0.305 e. The van der Waals surface area contributed by atoms with Gasteiger partial charge in [-0.3, -0.25) is 9.59 Å². The van der Waals surface area contributed by atoms with Gasteiger partial charge in [-0.25, -0.2) is 4.98 Å². The molecule has 1 saturated heterocycles. The molecular formula is C13H16N2O4S. The predicted molar refractivity (Wildman–Crippen MR) is 75.2 cm³/mol. The number of aromatic nitrogens is 1. The van der Waals surface area contributed by atoms with Crippen molar-refractivity contribution in [3.63, 3.8) is 0 Å². The Morgan fingerprint density at radius 1 is 1.60 bits per heavy atom. The Bertz CT molecular complexity index is 509. The van der Waals surface area contributed by atoms with E-state index in [0.717, 1.165) is 5.75 Å². The van der Waals surface area contributed by atoms with Gasteiger partial charge in [0, 0.05) is 24.2 Å². The second kappa shape index (κ2) is 6.60. The van der Waals surface area contributed by atoms with E-state index in [0.29, 0.717) is 17.9 Å². The van der Waals surface area contributed by atoms with Gasteiger partial charge in [0.05, 0.1) is 19.6 Å². The molecule has 0 spiro atoms. The van der Waals surface area contributed by atoms with Crippen molar-refractivity contribution in [3.8, 4) is 5.88 Å². The quantitative estimate of drug-likeness (QED) is 0.897. The van der Waals surface area contributed by atoms with Crippen LogP contribution in [0, 0.1) is 0 Å². The Labute approximate surface area is 121 Å². The van der Waals surface area contributed by atoms with Crippen LogP contribution in [0.5, 0.6) is 5.88 Å². The molecule has 0 saturated carbocycles. The third-order valence-electron chi connectivity index (χ3n) is 3.09. The molecule has 1 aromatic rings. The molecule has 1 N–H and O–H groups in total. The first-order valence-electron chi connectivity index (χ1n) is 6.23. The van der Waals surface area contributed by atoms with E-state index in [4.69, 9.17) is 9.84 Å². The van der Waals surface area contributed by atoms with Gasteiger partial charge in [0.2, 0.25) is 5.88 Å². The lowest BCUT2D eigenvalue weighted by atomic mass is 10.1. The number of pyridine rings is 1. The largest absolute Gasteiger partial charge is 0.481 e. The number of carboxylic acid groups (broad SMARTS) is 1. The molecule has 0 radical (unpaired) electrons. The minimum atomic E-state index is -0.895. The molecule has 7 heteroatoms. The first kappa shape index (κ1) is 14.6. The van der Waals surface area contributed by atoms with Gasteiger partial charge in [-0.15, -0.1) is 0 Å². The minimum Gasteiger partial charge on any atom is -0.481 e. The second-order valence-corrected chi connectivity index (χ2v) is 5.54. The molecule has 0 aromatic carbocycles. The van der Waals surface area contributed by atoms with Gasteiger partial charge in [0.25, 0.3) is 5.91 Å². The van der Waals surface area contributed by atoms with Gasteiger partial charge in [-0.2, -0.15) is 11.8 Å². The van der Waals surface area contributed by atoms with Crippen molar-refractivity contribution in [2.45, 2.75) is 12.5 Å².